The molecule has 4 saturated carbocycles. The summed E-state index contributed by atoms with van der Waals surface area (Å²) in [7, 11) is 0. The molecule has 0 heterocycles. The van der Waals surface area contributed by atoms with Gasteiger partial charge in [-0.1, -0.05) is 13.8 Å². The summed E-state index contributed by atoms with van der Waals surface area (Å²) in [4.78, 5) is 24.7. The van der Waals surface area contributed by atoms with Crippen molar-refractivity contribution in [1.29, 1.82) is 0 Å². The highest BCUT2D eigenvalue weighted by Gasteiger charge is 2.62. The molecule has 3 nitrogen and oxygen atoms in total. The van der Waals surface area contributed by atoms with Crippen molar-refractivity contribution in [2.75, 3.05) is 0 Å². The van der Waals surface area contributed by atoms with E-state index < -0.39 is 0 Å². The molecule has 122 valence electrons. The lowest BCUT2D eigenvalue weighted by Gasteiger charge is -2.59. The third-order valence-corrected chi connectivity index (χ3v) is 8.23. The predicted molar refractivity (Wildman–Crippen MR) is 83.1 cm³/mol. The third kappa shape index (κ3) is 1.78. The van der Waals surface area contributed by atoms with Crippen LogP contribution in [0.1, 0.15) is 65.2 Å². The van der Waals surface area contributed by atoms with Crippen molar-refractivity contribution in [2.45, 2.75) is 71.3 Å². The number of hydrogen-bond acceptors (Lipinski definition) is 3. The van der Waals surface area contributed by atoms with Crippen molar-refractivity contribution in [1.82, 2.24) is 0 Å². The number of carbonyl (C=O) groups excluding carboxylic acids is 2. The van der Waals surface area contributed by atoms with Gasteiger partial charge in [-0.2, -0.15) is 0 Å². The molecule has 4 rings (SSSR count). The molecule has 0 saturated heterocycles. The zero-order chi connectivity index (χ0) is 15.7. The topological polar surface area (TPSA) is 54.4 Å². The van der Waals surface area contributed by atoms with Crippen LogP contribution >= 0.6 is 0 Å². The Kier molecular flexibility index (Phi) is 3.15. The Morgan fingerprint density at radius 3 is 2.45 bits per heavy atom. The standard InChI is InChI=1S/C19H28O3/c1-18-7-5-11(20)9-15(18)16(21)10-12-13-3-4-17(22)19(13,2)8-6-14(12)18/h12-15,17,22H,3-10H2,1-2H3/t12?,13?,14?,15-,17+,18-,19+/m1/s1. The molecule has 0 aliphatic heterocycles. The molecule has 0 aromatic heterocycles. The van der Waals surface area contributed by atoms with Crippen molar-refractivity contribution in [3.8, 4) is 0 Å². The van der Waals surface area contributed by atoms with Crippen LogP contribution in [0.4, 0.5) is 0 Å². The van der Waals surface area contributed by atoms with Crippen LogP contribution in [0.25, 0.3) is 0 Å². The molecule has 0 amide bonds. The largest absolute Gasteiger partial charge is 0.393 e. The minimum atomic E-state index is -0.188. The van der Waals surface area contributed by atoms with Crippen molar-refractivity contribution < 1.29 is 14.7 Å². The second kappa shape index (κ2) is 4.66. The molecule has 0 aromatic rings. The van der Waals surface area contributed by atoms with Crippen LogP contribution in [0.15, 0.2) is 0 Å². The minimum absolute atomic E-state index is 0.0225. The Labute approximate surface area is 132 Å². The summed E-state index contributed by atoms with van der Waals surface area (Å²) in [5.74, 6) is 2.12. The van der Waals surface area contributed by atoms with Crippen molar-refractivity contribution in [3.05, 3.63) is 0 Å². The molecule has 3 unspecified atom stereocenters. The van der Waals surface area contributed by atoms with Gasteiger partial charge in [0.25, 0.3) is 0 Å². The average Bonchev–Trinajstić information content (AvgIpc) is 2.77. The molecule has 3 heteroatoms. The van der Waals surface area contributed by atoms with Crippen molar-refractivity contribution >= 4 is 11.6 Å². The summed E-state index contributed by atoms with van der Waals surface area (Å²) in [6, 6.07) is 0. The average molecular weight is 304 g/mol. The Morgan fingerprint density at radius 2 is 1.68 bits per heavy atom. The van der Waals surface area contributed by atoms with Gasteiger partial charge in [0.05, 0.1) is 6.10 Å². The molecule has 4 fully saturated rings. The van der Waals surface area contributed by atoms with Crippen LogP contribution in [0.5, 0.6) is 0 Å². The Balaban J connectivity index is 1.69. The van der Waals surface area contributed by atoms with Gasteiger partial charge < -0.3 is 5.11 Å². The summed E-state index contributed by atoms with van der Waals surface area (Å²) in [5.41, 5.74) is 0.0535. The van der Waals surface area contributed by atoms with Crippen LogP contribution in [-0.2, 0) is 9.59 Å². The van der Waals surface area contributed by atoms with Gasteiger partial charge in [0.15, 0.2) is 0 Å². The highest BCUT2D eigenvalue weighted by atomic mass is 16.3. The van der Waals surface area contributed by atoms with Crippen LogP contribution in [-0.4, -0.2) is 22.8 Å². The fourth-order valence-electron chi connectivity index (χ4n) is 6.81. The lowest BCUT2D eigenvalue weighted by atomic mass is 9.45. The first-order valence-corrected chi connectivity index (χ1v) is 9.09. The summed E-state index contributed by atoms with van der Waals surface area (Å²) in [6.45, 7) is 4.53. The van der Waals surface area contributed by atoms with E-state index >= 15 is 0 Å². The van der Waals surface area contributed by atoms with Gasteiger partial charge >= 0.3 is 0 Å². The summed E-state index contributed by atoms with van der Waals surface area (Å²) < 4.78 is 0. The smallest absolute Gasteiger partial charge is 0.137 e. The Morgan fingerprint density at radius 1 is 0.955 bits per heavy atom. The molecule has 0 spiro atoms. The van der Waals surface area contributed by atoms with E-state index in [2.05, 4.69) is 13.8 Å². The SMILES string of the molecule is C[C@]12CCC3C(CC(=O)[C@H]4CC(=O)CC[C@]34C)C1CC[C@@H]2O. The first-order valence-electron chi connectivity index (χ1n) is 9.09. The van der Waals surface area contributed by atoms with Gasteiger partial charge in [-0.15, -0.1) is 0 Å². The molecule has 0 bridgehead atoms. The quantitative estimate of drug-likeness (QED) is 0.748. The number of ketones is 2. The summed E-state index contributed by atoms with van der Waals surface area (Å²) in [5, 5.41) is 10.4. The van der Waals surface area contributed by atoms with E-state index in [-0.39, 0.29) is 28.6 Å². The van der Waals surface area contributed by atoms with Gasteiger partial charge in [-0.3, -0.25) is 9.59 Å². The molecule has 0 aromatic carbocycles. The Hall–Kier alpha value is -0.700. The minimum Gasteiger partial charge on any atom is -0.393 e. The molecule has 7 atom stereocenters. The monoisotopic (exact) mass is 304 g/mol. The molecule has 0 radical (unpaired) electrons. The van der Waals surface area contributed by atoms with E-state index in [9.17, 15) is 14.7 Å². The third-order valence-electron chi connectivity index (χ3n) is 8.23. The van der Waals surface area contributed by atoms with Gasteiger partial charge in [0.1, 0.15) is 11.6 Å². The highest BCUT2D eigenvalue weighted by molar-refractivity contribution is 5.90. The maximum Gasteiger partial charge on any atom is 0.137 e. The number of fused-ring (bicyclic) bond motifs is 5. The summed E-state index contributed by atoms with van der Waals surface area (Å²) in [6.07, 6.45) is 6.71. The van der Waals surface area contributed by atoms with Gasteiger partial charge in [-0.05, 0) is 60.7 Å². The lowest BCUT2D eigenvalue weighted by Crippen LogP contribution is -2.57. The molecule has 4 aliphatic carbocycles. The van der Waals surface area contributed by atoms with E-state index in [1.807, 2.05) is 0 Å². The second-order valence-corrected chi connectivity index (χ2v) is 8.99. The number of rotatable bonds is 0. The lowest BCUT2D eigenvalue weighted by molar-refractivity contribution is -0.160. The maximum atomic E-state index is 12.8. The summed E-state index contributed by atoms with van der Waals surface area (Å²) >= 11 is 0. The van der Waals surface area contributed by atoms with Crippen LogP contribution in [0.3, 0.4) is 0 Å². The molecule has 22 heavy (non-hydrogen) atoms. The molecular weight excluding hydrogens is 276 g/mol. The zero-order valence-corrected chi connectivity index (χ0v) is 13.8. The van der Waals surface area contributed by atoms with E-state index in [0.717, 1.165) is 32.1 Å². The number of Topliss-reactive ketones (excluding diaryl/α,β-unsaturated/α-hetero) is 2. The molecular formula is C19H28O3. The van der Waals surface area contributed by atoms with Crippen LogP contribution < -0.4 is 0 Å². The Bertz CT molecular complexity index is 527. The second-order valence-electron chi connectivity index (χ2n) is 8.99. The maximum absolute atomic E-state index is 12.8. The predicted octanol–water partition coefficient (Wildman–Crippen LogP) is 3.14. The number of aliphatic hydroxyl groups excluding tert-OH is 1. The van der Waals surface area contributed by atoms with Crippen molar-refractivity contribution in [2.24, 2.45) is 34.5 Å². The first kappa shape index (κ1) is 14.9. The van der Waals surface area contributed by atoms with E-state index in [4.69, 9.17) is 0 Å². The molecule has 1 N–H and O–H groups in total. The van der Waals surface area contributed by atoms with Crippen LogP contribution in [0, 0.1) is 34.5 Å². The number of carbonyl (C=O) groups is 2. The van der Waals surface area contributed by atoms with Crippen LogP contribution in [0.2, 0.25) is 0 Å². The van der Waals surface area contributed by atoms with Gasteiger partial charge in [0.2, 0.25) is 0 Å². The normalized spacial score (nSPS) is 54.6. The highest BCUT2D eigenvalue weighted by Crippen LogP contribution is 2.65. The first-order chi connectivity index (χ1) is 10.4. The zero-order valence-electron chi connectivity index (χ0n) is 13.8. The van der Waals surface area contributed by atoms with E-state index in [1.165, 1.54) is 0 Å². The molecule has 4 aliphatic rings. The van der Waals surface area contributed by atoms with Gasteiger partial charge in [0, 0.05) is 25.2 Å². The number of hydrogen-bond donors (Lipinski definition) is 1. The fourth-order valence-corrected chi connectivity index (χ4v) is 6.81. The van der Waals surface area contributed by atoms with Crippen molar-refractivity contribution in [3.63, 3.8) is 0 Å². The number of aliphatic hydroxyl groups is 1. The van der Waals surface area contributed by atoms with E-state index in [1.54, 1.807) is 0 Å². The van der Waals surface area contributed by atoms with Gasteiger partial charge in [-0.25, -0.2) is 0 Å². The fraction of sp³-hybridized carbons (Fsp3) is 0.895. The van der Waals surface area contributed by atoms with E-state index in [0.29, 0.717) is 42.8 Å².